The summed E-state index contributed by atoms with van der Waals surface area (Å²) in [5.74, 6) is 1.22. The first kappa shape index (κ1) is 14.5. The molecule has 0 spiro atoms. The Hall–Kier alpha value is -0.870. The molecule has 0 unspecified atom stereocenters. The fraction of sp³-hybridized carbons (Fsp3) is 0.600. The topological polar surface area (TPSA) is 37.4 Å². The van der Waals surface area contributed by atoms with Crippen molar-refractivity contribution < 1.29 is 8.42 Å². The molecule has 1 atom stereocenters. The Kier molecular flexibility index (Phi) is 4.63. The van der Waals surface area contributed by atoms with Gasteiger partial charge in [0, 0.05) is 19.1 Å². The van der Waals surface area contributed by atoms with Crippen LogP contribution in [0.1, 0.15) is 25.8 Å². The monoisotopic (exact) mass is 281 g/mol. The van der Waals surface area contributed by atoms with Gasteiger partial charge in [0.15, 0.2) is 9.84 Å². The zero-order valence-electron chi connectivity index (χ0n) is 11.7. The van der Waals surface area contributed by atoms with Crippen LogP contribution in [0.2, 0.25) is 0 Å². The van der Waals surface area contributed by atoms with Gasteiger partial charge in [0.1, 0.15) is 0 Å². The number of nitrogens with zero attached hydrogens (tertiary/aromatic N) is 1. The SMILES string of the molecule is CC(C)CN(Cc1ccccc1)[C@H]1CCS(=O)(=O)C1. The van der Waals surface area contributed by atoms with Gasteiger partial charge in [-0.05, 0) is 17.9 Å². The highest BCUT2D eigenvalue weighted by Crippen LogP contribution is 2.21. The van der Waals surface area contributed by atoms with Gasteiger partial charge >= 0.3 is 0 Å². The average Bonchev–Trinajstić information content (AvgIpc) is 2.70. The summed E-state index contributed by atoms with van der Waals surface area (Å²) in [6.07, 6.45) is 0.780. The Balaban J connectivity index is 2.08. The van der Waals surface area contributed by atoms with E-state index in [0.717, 1.165) is 19.5 Å². The Morgan fingerprint density at radius 2 is 1.95 bits per heavy atom. The second-order valence-electron chi connectivity index (χ2n) is 5.87. The molecular weight excluding hydrogens is 258 g/mol. The molecular formula is C15H23NO2S. The highest BCUT2D eigenvalue weighted by Gasteiger charge is 2.32. The van der Waals surface area contributed by atoms with E-state index in [1.54, 1.807) is 0 Å². The maximum atomic E-state index is 11.7. The van der Waals surface area contributed by atoms with E-state index in [1.807, 2.05) is 18.2 Å². The van der Waals surface area contributed by atoms with E-state index in [1.165, 1.54) is 5.56 Å². The van der Waals surface area contributed by atoms with Crippen LogP contribution in [-0.2, 0) is 16.4 Å². The standard InChI is InChI=1S/C15H23NO2S/c1-13(2)10-16(11-14-6-4-3-5-7-14)15-8-9-19(17,18)12-15/h3-7,13,15H,8-12H2,1-2H3/t15-/m0/s1. The normalized spacial score (nSPS) is 22.2. The van der Waals surface area contributed by atoms with Crippen LogP contribution in [0.15, 0.2) is 30.3 Å². The third kappa shape index (κ3) is 4.32. The highest BCUT2D eigenvalue weighted by atomic mass is 32.2. The fourth-order valence-electron chi connectivity index (χ4n) is 2.69. The lowest BCUT2D eigenvalue weighted by atomic mass is 10.1. The second-order valence-corrected chi connectivity index (χ2v) is 8.09. The van der Waals surface area contributed by atoms with Crippen molar-refractivity contribution in [2.45, 2.75) is 32.9 Å². The summed E-state index contributed by atoms with van der Waals surface area (Å²) in [5.41, 5.74) is 1.26. The first-order valence-corrected chi connectivity index (χ1v) is 8.77. The third-order valence-electron chi connectivity index (χ3n) is 3.55. The van der Waals surface area contributed by atoms with Gasteiger partial charge in [-0.15, -0.1) is 0 Å². The molecule has 1 aliphatic rings. The minimum atomic E-state index is -2.81. The summed E-state index contributed by atoms with van der Waals surface area (Å²) in [6.45, 7) is 6.16. The van der Waals surface area contributed by atoms with Gasteiger partial charge < -0.3 is 0 Å². The first-order valence-electron chi connectivity index (χ1n) is 6.95. The molecule has 1 heterocycles. The molecule has 1 saturated heterocycles. The zero-order chi connectivity index (χ0) is 13.9. The molecule has 0 aromatic heterocycles. The summed E-state index contributed by atoms with van der Waals surface area (Å²) >= 11 is 0. The maximum Gasteiger partial charge on any atom is 0.151 e. The van der Waals surface area contributed by atoms with Crippen molar-refractivity contribution in [1.82, 2.24) is 4.90 Å². The molecule has 106 valence electrons. The van der Waals surface area contributed by atoms with Crippen LogP contribution in [0.5, 0.6) is 0 Å². The number of benzene rings is 1. The van der Waals surface area contributed by atoms with E-state index in [0.29, 0.717) is 17.4 Å². The van der Waals surface area contributed by atoms with Gasteiger partial charge in [-0.1, -0.05) is 44.2 Å². The van der Waals surface area contributed by atoms with Crippen LogP contribution in [0.4, 0.5) is 0 Å². The van der Waals surface area contributed by atoms with Crippen molar-refractivity contribution in [2.24, 2.45) is 5.92 Å². The van der Waals surface area contributed by atoms with Gasteiger partial charge in [-0.3, -0.25) is 4.90 Å². The van der Waals surface area contributed by atoms with E-state index in [-0.39, 0.29) is 6.04 Å². The smallest absolute Gasteiger partial charge is 0.151 e. The molecule has 1 fully saturated rings. The van der Waals surface area contributed by atoms with Gasteiger partial charge in [0.25, 0.3) is 0 Å². The number of hydrogen-bond acceptors (Lipinski definition) is 3. The molecule has 0 aliphatic carbocycles. The molecule has 0 saturated carbocycles. The van der Waals surface area contributed by atoms with E-state index in [9.17, 15) is 8.42 Å². The molecule has 1 aromatic rings. The minimum absolute atomic E-state index is 0.188. The summed E-state index contributed by atoms with van der Waals surface area (Å²) in [5, 5.41) is 0. The predicted molar refractivity (Wildman–Crippen MR) is 78.7 cm³/mol. The molecule has 0 amide bonds. The van der Waals surface area contributed by atoms with E-state index in [4.69, 9.17) is 0 Å². The molecule has 2 rings (SSSR count). The van der Waals surface area contributed by atoms with E-state index < -0.39 is 9.84 Å². The van der Waals surface area contributed by atoms with Crippen molar-refractivity contribution in [2.75, 3.05) is 18.1 Å². The second kappa shape index (κ2) is 6.06. The highest BCUT2D eigenvalue weighted by molar-refractivity contribution is 7.91. The average molecular weight is 281 g/mol. The first-order chi connectivity index (χ1) is 8.96. The van der Waals surface area contributed by atoms with Crippen LogP contribution in [0.3, 0.4) is 0 Å². The third-order valence-corrected chi connectivity index (χ3v) is 5.30. The Labute approximate surface area is 116 Å². The lowest BCUT2D eigenvalue weighted by Crippen LogP contribution is -2.38. The maximum absolute atomic E-state index is 11.7. The summed E-state index contributed by atoms with van der Waals surface area (Å²) in [7, 11) is -2.81. The summed E-state index contributed by atoms with van der Waals surface area (Å²) < 4.78 is 23.3. The number of sulfone groups is 1. The summed E-state index contributed by atoms with van der Waals surface area (Å²) in [4.78, 5) is 2.34. The molecule has 1 aromatic carbocycles. The van der Waals surface area contributed by atoms with Crippen LogP contribution >= 0.6 is 0 Å². The Bertz CT molecular complexity index is 496. The van der Waals surface area contributed by atoms with Gasteiger partial charge in [-0.2, -0.15) is 0 Å². The predicted octanol–water partition coefficient (Wildman–Crippen LogP) is 2.33. The van der Waals surface area contributed by atoms with Crippen molar-refractivity contribution in [3.05, 3.63) is 35.9 Å². The molecule has 4 heteroatoms. The molecule has 19 heavy (non-hydrogen) atoms. The van der Waals surface area contributed by atoms with Crippen LogP contribution in [-0.4, -0.2) is 37.4 Å². The van der Waals surface area contributed by atoms with Crippen LogP contribution < -0.4 is 0 Å². The van der Waals surface area contributed by atoms with E-state index in [2.05, 4.69) is 30.9 Å². The fourth-order valence-corrected chi connectivity index (χ4v) is 4.45. The number of hydrogen-bond donors (Lipinski definition) is 0. The summed E-state index contributed by atoms with van der Waals surface area (Å²) in [6, 6.07) is 10.5. The molecule has 0 bridgehead atoms. The molecule has 1 aliphatic heterocycles. The van der Waals surface area contributed by atoms with E-state index >= 15 is 0 Å². The van der Waals surface area contributed by atoms with Crippen LogP contribution in [0.25, 0.3) is 0 Å². The lowest BCUT2D eigenvalue weighted by molar-refractivity contribution is 0.181. The quantitative estimate of drug-likeness (QED) is 0.831. The van der Waals surface area contributed by atoms with Crippen molar-refractivity contribution in [3.63, 3.8) is 0 Å². The molecule has 0 radical (unpaired) electrons. The Morgan fingerprint density at radius 1 is 1.26 bits per heavy atom. The van der Waals surface area contributed by atoms with Crippen molar-refractivity contribution in [1.29, 1.82) is 0 Å². The van der Waals surface area contributed by atoms with Crippen molar-refractivity contribution >= 4 is 9.84 Å². The van der Waals surface area contributed by atoms with Gasteiger partial charge in [0.2, 0.25) is 0 Å². The largest absolute Gasteiger partial charge is 0.295 e. The zero-order valence-corrected chi connectivity index (χ0v) is 12.6. The van der Waals surface area contributed by atoms with Crippen LogP contribution in [0, 0.1) is 5.92 Å². The van der Waals surface area contributed by atoms with Crippen molar-refractivity contribution in [3.8, 4) is 0 Å². The van der Waals surface area contributed by atoms with Gasteiger partial charge in [0.05, 0.1) is 11.5 Å². The molecule has 3 nitrogen and oxygen atoms in total. The lowest BCUT2D eigenvalue weighted by Gasteiger charge is -2.29. The van der Waals surface area contributed by atoms with Gasteiger partial charge in [-0.25, -0.2) is 8.42 Å². The number of rotatable bonds is 5. The Morgan fingerprint density at radius 3 is 2.47 bits per heavy atom. The molecule has 0 N–H and O–H groups in total. The minimum Gasteiger partial charge on any atom is -0.295 e.